The number of hydrogen-bond donors (Lipinski definition) is 2. The number of nitrogens with one attached hydrogen (secondary N) is 2. The zero-order chi connectivity index (χ0) is 18.0. The molecule has 0 aliphatic heterocycles. The van der Waals surface area contributed by atoms with Crippen molar-refractivity contribution >= 4 is 40.0 Å². The number of halogens is 1. The Labute approximate surface area is 168 Å². The van der Waals surface area contributed by atoms with E-state index < -0.39 is 10.0 Å². The molecule has 0 saturated carbocycles. The average molecular weight is 484 g/mol. The minimum atomic E-state index is -3.14. The second-order valence-corrected chi connectivity index (χ2v) is 7.26. The monoisotopic (exact) mass is 484 g/mol. The number of nitrogens with zero attached hydrogens (tertiary/aromatic N) is 2. The van der Waals surface area contributed by atoms with Crippen LogP contribution in [0.25, 0.3) is 0 Å². The number of benzene rings is 1. The molecule has 1 rings (SSSR count). The van der Waals surface area contributed by atoms with Gasteiger partial charge in [-0.1, -0.05) is 18.2 Å². The van der Waals surface area contributed by atoms with E-state index in [1.807, 2.05) is 43.1 Å². The van der Waals surface area contributed by atoms with E-state index in [-0.39, 0.29) is 24.0 Å². The van der Waals surface area contributed by atoms with Gasteiger partial charge in [0.1, 0.15) is 5.75 Å². The summed E-state index contributed by atoms with van der Waals surface area (Å²) in [6, 6.07) is 7.88. The molecule has 2 N–H and O–H groups in total. The fraction of sp³-hybridized carbons (Fsp3) is 0.562. The minimum Gasteiger partial charge on any atom is -0.496 e. The fourth-order valence-electron chi connectivity index (χ4n) is 2.16. The van der Waals surface area contributed by atoms with E-state index in [0.717, 1.165) is 30.1 Å². The van der Waals surface area contributed by atoms with Gasteiger partial charge in [-0.05, 0) is 19.4 Å². The van der Waals surface area contributed by atoms with E-state index in [4.69, 9.17) is 4.74 Å². The van der Waals surface area contributed by atoms with Gasteiger partial charge < -0.3 is 15.0 Å². The highest BCUT2D eigenvalue weighted by Crippen LogP contribution is 2.18. The molecule has 1 aromatic carbocycles. The molecule has 9 heteroatoms. The number of methoxy groups -OCH3 is 1. The van der Waals surface area contributed by atoms with Gasteiger partial charge in [-0.2, -0.15) is 0 Å². The third kappa shape index (κ3) is 9.85. The van der Waals surface area contributed by atoms with E-state index in [0.29, 0.717) is 26.1 Å². The van der Waals surface area contributed by atoms with Crippen molar-refractivity contribution in [1.82, 2.24) is 14.9 Å². The molecule has 0 amide bonds. The number of ether oxygens (including phenoxy) is 1. The predicted octanol–water partition coefficient (Wildman–Crippen LogP) is 1.65. The largest absolute Gasteiger partial charge is 0.496 e. The van der Waals surface area contributed by atoms with E-state index in [1.165, 1.54) is 0 Å². The van der Waals surface area contributed by atoms with Gasteiger partial charge in [0.05, 0.1) is 13.4 Å². The Balaban J connectivity index is 0.00000576. The molecular weight excluding hydrogens is 455 g/mol. The lowest BCUT2D eigenvalue weighted by Crippen LogP contribution is -2.38. The Morgan fingerprint density at radius 2 is 2.00 bits per heavy atom. The molecule has 0 aromatic heterocycles. The summed E-state index contributed by atoms with van der Waals surface area (Å²) >= 11 is 0. The second-order valence-electron chi connectivity index (χ2n) is 5.42. The van der Waals surface area contributed by atoms with Gasteiger partial charge in [0.15, 0.2) is 5.96 Å². The molecule has 0 aliphatic rings. The average Bonchev–Trinajstić information content (AvgIpc) is 2.53. The number of hydrogen-bond acceptors (Lipinski definition) is 4. The van der Waals surface area contributed by atoms with E-state index in [9.17, 15) is 8.42 Å². The van der Waals surface area contributed by atoms with Crippen LogP contribution in [0.3, 0.4) is 0 Å². The zero-order valence-electron chi connectivity index (χ0n) is 15.3. The zero-order valence-corrected chi connectivity index (χ0v) is 18.4. The van der Waals surface area contributed by atoms with Gasteiger partial charge in [-0.3, -0.25) is 4.99 Å². The Bertz CT molecular complexity index is 638. The maximum atomic E-state index is 11.0. The van der Waals surface area contributed by atoms with Gasteiger partial charge >= 0.3 is 0 Å². The quantitative estimate of drug-likeness (QED) is 0.241. The van der Waals surface area contributed by atoms with Crippen molar-refractivity contribution in [1.29, 1.82) is 0 Å². The number of rotatable bonds is 9. The summed E-state index contributed by atoms with van der Waals surface area (Å²) in [6.45, 7) is 4.37. The summed E-state index contributed by atoms with van der Waals surface area (Å²) in [5.74, 6) is 1.63. The number of guanidine groups is 1. The third-order valence-corrected chi connectivity index (χ3v) is 3.99. The minimum absolute atomic E-state index is 0. The molecule has 7 nitrogen and oxygen atoms in total. The summed E-state index contributed by atoms with van der Waals surface area (Å²) in [4.78, 5) is 6.56. The van der Waals surface area contributed by atoms with Gasteiger partial charge in [0.25, 0.3) is 0 Å². The Hall–Kier alpha value is -1.07. The number of para-hydroxylation sites is 1. The lowest BCUT2D eigenvalue weighted by Gasteiger charge is -2.23. The SMILES string of the molecule is CCNC(=NCCCNS(C)(=O)=O)N(C)Cc1ccccc1OC.I. The maximum Gasteiger partial charge on any atom is 0.208 e. The highest BCUT2D eigenvalue weighted by molar-refractivity contribution is 14.0. The van der Waals surface area contributed by atoms with Crippen LogP contribution in [-0.2, 0) is 16.6 Å². The molecule has 0 aliphatic carbocycles. The smallest absolute Gasteiger partial charge is 0.208 e. The van der Waals surface area contributed by atoms with Crippen LogP contribution in [0.15, 0.2) is 29.3 Å². The molecule has 25 heavy (non-hydrogen) atoms. The lowest BCUT2D eigenvalue weighted by atomic mass is 10.2. The van der Waals surface area contributed by atoms with Crippen LogP contribution in [-0.4, -0.2) is 59.3 Å². The molecule has 0 fully saturated rings. The first-order valence-electron chi connectivity index (χ1n) is 7.93. The van der Waals surface area contributed by atoms with E-state index in [2.05, 4.69) is 15.0 Å². The van der Waals surface area contributed by atoms with Crippen molar-refractivity contribution in [3.8, 4) is 5.75 Å². The highest BCUT2D eigenvalue weighted by atomic mass is 127. The van der Waals surface area contributed by atoms with Gasteiger partial charge in [-0.15, -0.1) is 24.0 Å². The number of aliphatic imine (C=N–C) groups is 1. The summed E-state index contributed by atoms with van der Waals surface area (Å²) in [6.07, 6.45) is 1.80. The molecule has 0 saturated heterocycles. The topological polar surface area (TPSA) is 83.0 Å². The molecule has 0 spiro atoms. The first-order chi connectivity index (χ1) is 11.4. The van der Waals surface area contributed by atoms with Crippen molar-refractivity contribution in [2.75, 3.05) is 40.0 Å². The van der Waals surface area contributed by atoms with Crippen molar-refractivity contribution in [3.63, 3.8) is 0 Å². The second kappa shape index (κ2) is 12.3. The summed E-state index contributed by atoms with van der Waals surface area (Å²) in [5.41, 5.74) is 1.08. The summed E-state index contributed by atoms with van der Waals surface area (Å²) < 4.78 is 29.9. The van der Waals surface area contributed by atoms with Crippen LogP contribution in [0.4, 0.5) is 0 Å². The molecular formula is C16H29IN4O3S. The summed E-state index contributed by atoms with van der Waals surface area (Å²) in [5, 5.41) is 3.24. The molecule has 0 radical (unpaired) electrons. The molecule has 0 unspecified atom stereocenters. The van der Waals surface area contributed by atoms with Crippen LogP contribution in [0.5, 0.6) is 5.75 Å². The Morgan fingerprint density at radius 3 is 2.60 bits per heavy atom. The fourth-order valence-corrected chi connectivity index (χ4v) is 2.67. The van der Waals surface area contributed by atoms with Gasteiger partial charge in [-0.25, -0.2) is 13.1 Å². The standard InChI is InChI=1S/C16H28N4O3S.HI/c1-5-17-16(18-11-8-12-19-24(4,21)22)20(2)13-14-9-6-7-10-15(14)23-3;/h6-7,9-10,19H,5,8,11-13H2,1-4H3,(H,17,18);1H. The van der Waals surface area contributed by atoms with Crippen molar-refractivity contribution in [3.05, 3.63) is 29.8 Å². The van der Waals surface area contributed by atoms with Crippen LogP contribution < -0.4 is 14.8 Å². The maximum absolute atomic E-state index is 11.0. The van der Waals surface area contributed by atoms with Crippen molar-refractivity contribution in [2.24, 2.45) is 4.99 Å². The van der Waals surface area contributed by atoms with Crippen LogP contribution in [0, 0.1) is 0 Å². The van der Waals surface area contributed by atoms with Gasteiger partial charge in [0, 0.05) is 38.8 Å². The van der Waals surface area contributed by atoms with Gasteiger partial charge in [0.2, 0.25) is 10.0 Å². The van der Waals surface area contributed by atoms with Crippen LogP contribution >= 0.6 is 24.0 Å². The summed E-state index contributed by atoms with van der Waals surface area (Å²) in [7, 11) is 0.482. The van der Waals surface area contributed by atoms with Crippen LogP contribution in [0.1, 0.15) is 18.9 Å². The molecule has 1 aromatic rings. The first kappa shape index (κ1) is 23.9. The molecule has 144 valence electrons. The van der Waals surface area contributed by atoms with E-state index >= 15 is 0 Å². The first-order valence-corrected chi connectivity index (χ1v) is 9.82. The normalized spacial score (nSPS) is 11.6. The Morgan fingerprint density at radius 1 is 1.32 bits per heavy atom. The number of sulfonamides is 1. The van der Waals surface area contributed by atoms with Crippen molar-refractivity contribution < 1.29 is 13.2 Å². The Kier molecular flexibility index (Phi) is 11.8. The molecule has 0 atom stereocenters. The van der Waals surface area contributed by atoms with Crippen LogP contribution in [0.2, 0.25) is 0 Å². The predicted molar refractivity (Wildman–Crippen MR) is 113 cm³/mol. The van der Waals surface area contributed by atoms with E-state index in [1.54, 1.807) is 7.11 Å². The highest BCUT2D eigenvalue weighted by Gasteiger charge is 2.09. The molecule has 0 bridgehead atoms. The lowest BCUT2D eigenvalue weighted by molar-refractivity contribution is 0.396. The molecule has 0 heterocycles. The third-order valence-electron chi connectivity index (χ3n) is 3.26. The van der Waals surface area contributed by atoms with Crippen molar-refractivity contribution in [2.45, 2.75) is 19.9 Å².